The predicted octanol–water partition coefficient (Wildman–Crippen LogP) is 3.48. The van der Waals surface area contributed by atoms with Crippen molar-refractivity contribution < 1.29 is 13.2 Å². The van der Waals surface area contributed by atoms with E-state index in [-0.39, 0.29) is 11.9 Å². The summed E-state index contributed by atoms with van der Waals surface area (Å²) in [7, 11) is 1.81. The molecule has 106 valence electrons. The Bertz CT molecular complexity index is 566. The summed E-state index contributed by atoms with van der Waals surface area (Å²) in [5.41, 5.74) is 1.72. The Morgan fingerprint density at radius 2 is 1.45 bits per heavy atom. The topological polar surface area (TPSA) is 12.0 Å². The Hall–Kier alpha value is -1.81. The zero-order chi connectivity index (χ0) is 14.5. The van der Waals surface area contributed by atoms with E-state index in [1.54, 1.807) is 18.2 Å². The molecule has 2 aromatic carbocycles. The van der Waals surface area contributed by atoms with Gasteiger partial charge in [-0.1, -0.05) is 18.2 Å². The van der Waals surface area contributed by atoms with E-state index < -0.39 is 11.6 Å². The smallest absolute Gasteiger partial charge is 0.159 e. The number of rotatable bonds is 5. The highest BCUT2D eigenvalue weighted by molar-refractivity contribution is 5.21. The molecule has 2 rings (SSSR count). The first kappa shape index (κ1) is 14.6. The van der Waals surface area contributed by atoms with Crippen LogP contribution in [0.25, 0.3) is 0 Å². The van der Waals surface area contributed by atoms with Crippen LogP contribution in [0.15, 0.2) is 42.5 Å². The monoisotopic (exact) mass is 279 g/mol. The highest BCUT2D eigenvalue weighted by Crippen LogP contribution is 2.13. The van der Waals surface area contributed by atoms with E-state index in [2.05, 4.69) is 5.32 Å². The number of hydrogen-bond donors (Lipinski definition) is 1. The molecule has 1 N–H and O–H groups in total. The van der Waals surface area contributed by atoms with Gasteiger partial charge < -0.3 is 5.32 Å². The first-order valence-electron chi connectivity index (χ1n) is 6.44. The fourth-order valence-electron chi connectivity index (χ4n) is 2.13. The molecule has 0 bridgehead atoms. The summed E-state index contributed by atoms with van der Waals surface area (Å²) in [5, 5.41) is 3.14. The molecule has 1 nitrogen and oxygen atoms in total. The Morgan fingerprint density at radius 3 is 2.05 bits per heavy atom. The first-order chi connectivity index (χ1) is 9.58. The summed E-state index contributed by atoms with van der Waals surface area (Å²) in [5.74, 6) is -1.94. The van der Waals surface area contributed by atoms with Gasteiger partial charge in [-0.25, -0.2) is 13.2 Å². The van der Waals surface area contributed by atoms with Crippen LogP contribution in [0.4, 0.5) is 13.2 Å². The molecule has 4 heteroatoms. The largest absolute Gasteiger partial charge is 0.316 e. The van der Waals surface area contributed by atoms with Gasteiger partial charge in [0.2, 0.25) is 0 Å². The van der Waals surface area contributed by atoms with Gasteiger partial charge in [0.05, 0.1) is 0 Å². The summed E-state index contributed by atoms with van der Waals surface area (Å²) in [4.78, 5) is 0. The van der Waals surface area contributed by atoms with Gasteiger partial charge in [-0.3, -0.25) is 0 Å². The highest BCUT2D eigenvalue weighted by Gasteiger charge is 2.10. The van der Waals surface area contributed by atoms with Gasteiger partial charge in [-0.05, 0) is 55.3 Å². The Morgan fingerprint density at radius 1 is 0.850 bits per heavy atom. The van der Waals surface area contributed by atoms with Crippen molar-refractivity contribution in [2.24, 2.45) is 0 Å². The molecule has 0 aliphatic carbocycles. The molecule has 0 radical (unpaired) electrons. The fraction of sp³-hybridized carbons (Fsp3) is 0.250. The molecule has 2 aromatic rings. The minimum absolute atomic E-state index is 0.0744. The average molecular weight is 279 g/mol. The molecule has 0 aliphatic heterocycles. The van der Waals surface area contributed by atoms with E-state index in [9.17, 15) is 13.2 Å². The molecular formula is C16H16F3N. The number of benzene rings is 2. The molecule has 0 aliphatic rings. The molecule has 1 atom stereocenters. The minimum atomic E-state index is -0.840. The van der Waals surface area contributed by atoms with E-state index in [1.165, 1.54) is 18.2 Å². The molecule has 0 aromatic heterocycles. The molecule has 0 fully saturated rings. The van der Waals surface area contributed by atoms with Crippen molar-refractivity contribution in [1.82, 2.24) is 5.32 Å². The van der Waals surface area contributed by atoms with Gasteiger partial charge in [-0.2, -0.15) is 0 Å². The number of halogens is 3. The highest BCUT2D eigenvalue weighted by atomic mass is 19.2. The third-order valence-corrected chi connectivity index (χ3v) is 3.27. The number of hydrogen-bond acceptors (Lipinski definition) is 1. The minimum Gasteiger partial charge on any atom is -0.316 e. The summed E-state index contributed by atoms with van der Waals surface area (Å²) >= 11 is 0. The van der Waals surface area contributed by atoms with Crippen LogP contribution >= 0.6 is 0 Å². The van der Waals surface area contributed by atoms with E-state index in [4.69, 9.17) is 0 Å². The van der Waals surface area contributed by atoms with Crippen molar-refractivity contribution in [2.45, 2.75) is 18.9 Å². The molecule has 20 heavy (non-hydrogen) atoms. The standard InChI is InChI=1S/C16H16F3N/c1-20-14(8-11-2-5-13(17)6-3-11)9-12-4-7-15(18)16(19)10-12/h2-7,10,14,20H,8-9H2,1H3. The van der Waals surface area contributed by atoms with Crippen molar-refractivity contribution in [3.8, 4) is 0 Å². The maximum Gasteiger partial charge on any atom is 0.159 e. The lowest BCUT2D eigenvalue weighted by Gasteiger charge is -2.16. The average Bonchev–Trinajstić information content (AvgIpc) is 2.44. The number of nitrogens with one attached hydrogen (secondary N) is 1. The van der Waals surface area contributed by atoms with Crippen LogP contribution in [0, 0.1) is 17.5 Å². The van der Waals surface area contributed by atoms with Crippen molar-refractivity contribution in [3.63, 3.8) is 0 Å². The normalized spacial score (nSPS) is 12.4. The van der Waals surface area contributed by atoms with Crippen LogP contribution < -0.4 is 5.32 Å². The van der Waals surface area contributed by atoms with Crippen LogP contribution in [0.2, 0.25) is 0 Å². The fourth-order valence-corrected chi connectivity index (χ4v) is 2.13. The van der Waals surface area contributed by atoms with E-state index in [1.807, 2.05) is 7.05 Å². The molecule has 0 amide bonds. The van der Waals surface area contributed by atoms with Crippen molar-refractivity contribution >= 4 is 0 Å². The van der Waals surface area contributed by atoms with E-state index in [0.29, 0.717) is 12.8 Å². The van der Waals surface area contributed by atoms with E-state index in [0.717, 1.165) is 17.2 Å². The first-order valence-corrected chi connectivity index (χ1v) is 6.44. The van der Waals surface area contributed by atoms with Crippen LogP contribution in [0.1, 0.15) is 11.1 Å². The summed E-state index contributed by atoms with van der Waals surface area (Å²) in [6, 6.07) is 10.3. The zero-order valence-corrected chi connectivity index (χ0v) is 11.2. The lowest BCUT2D eigenvalue weighted by atomic mass is 9.99. The second-order valence-electron chi connectivity index (χ2n) is 4.77. The van der Waals surface area contributed by atoms with Crippen molar-refractivity contribution in [2.75, 3.05) is 7.05 Å². The van der Waals surface area contributed by atoms with Gasteiger partial charge in [0.15, 0.2) is 11.6 Å². The summed E-state index contributed by atoms with van der Waals surface area (Å²) in [6.07, 6.45) is 1.26. The maximum absolute atomic E-state index is 13.2. The SMILES string of the molecule is CNC(Cc1ccc(F)cc1)Cc1ccc(F)c(F)c1. The zero-order valence-electron chi connectivity index (χ0n) is 11.2. The van der Waals surface area contributed by atoms with Gasteiger partial charge in [-0.15, -0.1) is 0 Å². The Balaban J connectivity index is 2.04. The van der Waals surface area contributed by atoms with Gasteiger partial charge in [0.1, 0.15) is 5.82 Å². The van der Waals surface area contributed by atoms with Crippen LogP contribution in [-0.2, 0) is 12.8 Å². The third kappa shape index (κ3) is 3.84. The molecule has 0 spiro atoms. The maximum atomic E-state index is 13.2. The quantitative estimate of drug-likeness (QED) is 0.883. The molecular weight excluding hydrogens is 263 g/mol. The second kappa shape index (κ2) is 6.57. The summed E-state index contributed by atoms with van der Waals surface area (Å²) in [6.45, 7) is 0. The summed E-state index contributed by atoms with van der Waals surface area (Å²) < 4.78 is 38.9. The molecule has 0 saturated carbocycles. The molecule has 1 unspecified atom stereocenters. The van der Waals surface area contributed by atoms with Gasteiger partial charge in [0, 0.05) is 6.04 Å². The van der Waals surface area contributed by atoms with Crippen LogP contribution in [0.5, 0.6) is 0 Å². The van der Waals surface area contributed by atoms with Crippen LogP contribution in [0.3, 0.4) is 0 Å². The predicted molar refractivity (Wildman–Crippen MR) is 73.0 cm³/mol. The number of likely N-dealkylation sites (N-methyl/N-ethyl adjacent to an activating group) is 1. The lowest BCUT2D eigenvalue weighted by molar-refractivity contribution is 0.503. The lowest BCUT2D eigenvalue weighted by Crippen LogP contribution is -2.30. The van der Waals surface area contributed by atoms with Gasteiger partial charge >= 0.3 is 0 Å². The molecule has 0 heterocycles. The molecule has 0 saturated heterocycles. The second-order valence-corrected chi connectivity index (χ2v) is 4.77. The van der Waals surface area contributed by atoms with Crippen molar-refractivity contribution in [3.05, 3.63) is 71.0 Å². The third-order valence-electron chi connectivity index (χ3n) is 3.27. The Kier molecular flexibility index (Phi) is 4.79. The Labute approximate surface area is 116 Å². The van der Waals surface area contributed by atoms with Crippen LogP contribution in [-0.4, -0.2) is 13.1 Å². The van der Waals surface area contributed by atoms with Crippen molar-refractivity contribution in [1.29, 1.82) is 0 Å². The van der Waals surface area contributed by atoms with E-state index >= 15 is 0 Å². The van der Waals surface area contributed by atoms with Gasteiger partial charge in [0.25, 0.3) is 0 Å².